The van der Waals surface area contributed by atoms with Crippen LogP contribution in [-0.2, 0) is 4.74 Å². The third-order valence-corrected chi connectivity index (χ3v) is 2.48. The highest BCUT2D eigenvalue weighted by atomic mass is 16.5. The van der Waals surface area contributed by atoms with Crippen molar-refractivity contribution >= 4 is 6.09 Å². The van der Waals surface area contributed by atoms with E-state index in [1.54, 1.807) is 0 Å². The van der Waals surface area contributed by atoms with E-state index in [2.05, 4.69) is 15.4 Å². The lowest BCUT2D eigenvalue weighted by Crippen LogP contribution is -2.50. The molecule has 2 N–H and O–H groups in total. The van der Waals surface area contributed by atoms with Gasteiger partial charge in [0.05, 0.1) is 7.11 Å². The Hall–Kier alpha value is -0.770. The highest BCUT2D eigenvalue weighted by Crippen LogP contribution is 2.10. The Bertz CT molecular complexity index is 167. The molecule has 1 heterocycles. The summed E-state index contributed by atoms with van der Waals surface area (Å²) in [6.07, 6.45) is 3.26. The van der Waals surface area contributed by atoms with Crippen LogP contribution in [0.5, 0.6) is 0 Å². The van der Waals surface area contributed by atoms with Crippen molar-refractivity contribution in [1.82, 2.24) is 10.6 Å². The van der Waals surface area contributed by atoms with Crippen molar-refractivity contribution in [1.29, 1.82) is 0 Å². The molecule has 0 radical (unpaired) electrons. The van der Waals surface area contributed by atoms with Crippen molar-refractivity contribution in [2.45, 2.75) is 38.3 Å². The minimum atomic E-state index is -0.347. The van der Waals surface area contributed by atoms with Gasteiger partial charge in [-0.2, -0.15) is 0 Å². The fourth-order valence-electron chi connectivity index (χ4n) is 1.65. The van der Waals surface area contributed by atoms with Gasteiger partial charge in [0.2, 0.25) is 0 Å². The Morgan fingerprint density at radius 1 is 1.62 bits per heavy atom. The number of carbonyl (C=O) groups excluding carboxylic acids is 1. The molecule has 4 nitrogen and oxygen atoms in total. The van der Waals surface area contributed by atoms with E-state index < -0.39 is 0 Å². The molecule has 0 aromatic rings. The molecule has 0 aromatic carbocycles. The van der Waals surface area contributed by atoms with Gasteiger partial charge in [0.15, 0.2) is 0 Å². The van der Waals surface area contributed by atoms with Crippen LogP contribution in [0.15, 0.2) is 0 Å². The third-order valence-electron chi connectivity index (χ3n) is 2.48. The Labute approximate surface area is 79.0 Å². The molecule has 4 heteroatoms. The number of nitrogens with one attached hydrogen (secondary N) is 2. The Balaban J connectivity index is 2.28. The molecule has 0 saturated carbocycles. The molecule has 1 fully saturated rings. The van der Waals surface area contributed by atoms with Gasteiger partial charge in [0, 0.05) is 12.1 Å². The van der Waals surface area contributed by atoms with E-state index in [4.69, 9.17) is 0 Å². The molecule has 1 amide bonds. The molecule has 0 aliphatic carbocycles. The zero-order valence-electron chi connectivity index (χ0n) is 8.30. The summed E-state index contributed by atoms with van der Waals surface area (Å²) in [6.45, 7) is 3.05. The van der Waals surface area contributed by atoms with Crippen LogP contribution >= 0.6 is 0 Å². The molecule has 1 saturated heterocycles. The van der Waals surface area contributed by atoms with Gasteiger partial charge in [0.25, 0.3) is 0 Å². The minimum absolute atomic E-state index is 0.146. The number of alkyl carbamates (subject to hydrolysis) is 1. The second-order valence-corrected chi connectivity index (χ2v) is 3.48. The van der Waals surface area contributed by atoms with Crippen LogP contribution < -0.4 is 10.6 Å². The summed E-state index contributed by atoms with van der Waals surface area (Å²) >= 11 is 0. The average molecular weight is 186 g/mol. The monoisotopic (exact) mass is 186 g/mol. The van der Waals surface area contributed by atoms with Crippen LogP contribution in [0.2, 0.25) is 0 Å². The lowest BCUT2D eigenvalue weighted by molar-refractivity contribution is 0.163. The number of rotatable bonds is 2. The Morgan fingerprint density at radius 2 is 2.38 bits per heavy atom. The van der Waals surface area contributed by atoms with Crippen molar-refractivity contribution in [2.75, 3.05) is 13.7 Å². The molecule has 0 bridgehead atoms. The molecule has 13 heavy (non-hydrogen) atoms. The largest absolute Gasteiger partial charge is 0.453 e. The minimum Gasteiger partial charge on any atom is -0.453 e. The molecule has 0 aromatic heterocycles. The maximum Gasteiger partial charge on any atom is 0.407 e. The summed E-state index contributed by atoms with van der Waals surface area (Å²) < 4.78 is 4.53. The summed E-state index contributed by atoms with van der Waals surface area (Å²) in [5.41, 5.74) is 0. The van der Waals surface area contributed by atoms with E-state index in [0.717, 1.165) is 13.0 Å². The number of amides is 1. The van der Waals surface area contributed by atoms with Crippen molar-refractivity contribution in [3.05, 3.63) is 0 Å². The van der Waals surface area contributed by atoms with Crippen LogP contribution in [0.1, 0.15) is 26.2 Å². The van der Waals surface area contributed by atoms with E-state index in [0.29, 0.717) is 6.04 Å². The number of hydrogen-bond donors (Lipinski definition) is 2. The first kappa shape index (κ1) is 10.3. The van der Waals surface area contributed by atoms with Crippen molar-refractivity contribution < 1.29 is 9.53 Å². The third kappa shape index (κ3) is 3.22. The highest BCUT2D eigenvalue weighted by molar-refractivity contribution is 5.67. The first-order valence-corrected chi connectivity index (χ1v) is 4.82. The van der Waals surface area contributed by atoms with Crippen LogP contribution in [-0.4, -0.2) is 31.8 Å². The standard InChI is InChI=1S/C9H18N2O2/c1-7(11-9(12)13-2)8-5-3-4-6-10-8/h7-8,10H,3-6H2,1-2H3,(H,11,12). The topological polar surface area (TPSA) is 50.4 Å². The molecule has 2 atom stereocenters. The average Bonchev–Trinajstić information content (AvgIpc) is 2.19. The summed E-state index contributed by atoms with van der Waals surface area (Å²) in [5.74, 6) is 0. The van der Waals surface area contributed by atoms with Gasteiger partial charge >= 0.3 is 6.09 Å². The predicted octanol–water partition coefficient (Wildman–Crippen LogP) is 0.873. The first-order chi connectivity index (χ1) is 6.24. The zero-order chi connectivity index (χ0) is 9.68. The van der Waals surface area contributed by atoms with Gasteiger partial charge in [-0.25, -0.2) is 4.79 Å². The number of ether oxygens (including phenoxy) is 1. The van der Waals surface area contributed by atoms with Gasteiger partial charge in [-0.3, -0.25) is 0 Å². The zero-order valence-corrected chi connectivity index (χ0v) is 8.30. The van der Waals surface area contributed by atoms with Gasteiger partial charge < -0.3 is 15.4 Å². The fourth-order valence-corrected chi connectivity index (χ4v) is 1.65. The maximum atomic E-state index is 10.9. The van der Waals surface area contributed by atoms with E-state index in [1.165, 1.54) is 20.0 Å². The van der Waals surface area contributed by atoms with Crippen LogP contribution in [0.25, 0.3) is 0 Å². The molecule has 1 rings (SSSR count). The normalized spacial score (nSPS) is 24.9. The molecule has 2 unspecified atom stereocenters. The van der Waals surface area contributed by atoms with E-state index in [1.807, 2.05) is 6.92 Å². The number of carbonyl (C=O) groups is 1. The van der Waals surface area contributed by atoms with E-state index >= 15 is 0 Å². The highest BCUT2D eigenvalue weighted by Gasteiger charge is 2.20. The summed E-state index contributed by atoms with van der Waals surface area (Å²) in [6, 6.07) is 0.542. The number of piperidine rings is 1. The number of methoxy groups -OCH3 is 1. The van der Waals surface area contributed by atoms with Crippen LogP contribution in [0.4, 0.5) is 4.79 Å². The lowest BCUT2D eigenvalue weighted by atomic mass is 9.99. The summed E-state index contributed by atoms with van der Waals surface area (Å²) in [7, 11) is 1.39. The first-order valence-electron chi connectivity index (χ1n) is 4.82. The van der Waals surface area contributed by atoms with E-state index in [-0.39, 0.29) is 12.1 Å². The number of hydrogen-bond acceptors (Lipinski definition) is 3. The van der Waals surface area contributed by atoms with E-state index in [9.17, 15) is 4.79 Å². The molecule has 0 spiro atoms. The van der Waals surface area contributed by atoms with Gasteiger partial charge in [-0.15, -0.1) is 0 Å². The van der Waals surface area contributed by atoms with Gasteiger partial charge in [-0.05, 0) is 26.3 Å². The molecular formula is C9H18N2O2. The van der Waals surface area contributed by atoms with Gasteiger partial charge in [0.1, 0.15) is 0 Å². The van der Waals surface area contributed by atoms with Crippen LogP contribution in [0.3, 0.4) is 0 Å². The van der Waals surface area contributed by atoms with Crippen molar-refractivity contribution in [3.8, 4) is 0 Å². The fraction of sp³-hybridized carbons (Fsp3) is 0.889. The van der Waals surface area contributed by atoms with Crippen LogP contribution in [0, 0.1) is 0 Å². The summed E-state index contributed by atoms with van der Waals surface area (Å²) in [5, 5.41) is 6.15. The second-order valence-electron chi connectivity index (χ2n) is 3.48. The Kier molecular flexibility index (Phi) is 4.02. The van der Waals surface area contributed by atoms with Crippen molar-refractivity contribution in [2.24, 2.45) is 0 Å². The molecule has 1 aliphatic rings. The Morgan fingerprint density at radius 3 is 2.92 bits per heavy atom. The molecule has 76 valence electrons. The second kappa shape index (κ2) is 5.07. The smallest absolute Gasteiger partial charge is 0.407 e. The lowest BCUT2D eigenvalue weighted by Gasteiger charge is -2.29. The summed E-state index contributed by atoms with van der Waals surface area (Å²) in [4.78, 5) is 10.9. The van der Waals surface area contributed by atoms with Crippen molar-refractivity contribution in [3.63, 3.8) is 0 Å². The van der Waals surface area contributed by atoms with Gasteiger partial charge in [-0.1, -0.05) is 6.42 Å². The predicted molar refractivity (Wildman–Crippen MR) is 50.6 cm³/mol. The SMILES string of the molecule is COC(=O)NC(C)C1CCCCN1. The molecular weight excluding hydrogens is 168 g/mol. The molecule has 1 aliphatic heterocycles. The maximum absolute atomic E-state index is 10.9. The quantitative estimate of drug-likeness (QED) is 0.673.